The number of carbonyl (C=O) groups is 2. The Labute approximate surface area is 134 Å². The molecule has 1 aromatic rings. The van der Waals surface area contributed by atoms with Gasteiger partial charge < -0.3 is 10.1 Å². The highest BCUT2D eigenvalue weighted by molar-refractivity contribution is 7.96. The zero-order chi connectivity index (χ0) is 16.4. The first-order chi connectivity index (χ1) is 10.6. The van der Waals surface area contributed by atoms with Gasteiger partial charge in [-0.25, -0.2) is 4.79 Å². The number of benzene rings is 1. The van der Waals surface area contributed by atoms with Crippen molar-refractivity contribution in [3.05, 3.63) is 42.0 Å². The second-order valence-electron chi connectivity index (χ2n) is 4.03. The smallest absolute Gasteiger partial charge is 0.348 e. The zero-order valence-corrected chi connectivity index (χ0v) is 13.4. The Morgan fingerprint density at radius 3 is 2.55 bits per heavy atom. The summed E-state index contributed by atoms with van der Waals surface area (Å²) >= 11 is 1.13. The van der Waals surface area contributed by atoms with E-state index >= 15 is 0 Å². The maximum Gasteiger partial charge on any atom is 0.348 e. The van der Waals surface area contributed by atoms with Crippen molar-refractivity contribution in [2.75, 3.05) is 19.4 Å². The summed E-state index contributed by atoms with van der Waals surface area (Å²) in [7, 11) is 0. The van der Waals surface area contributed by atoms with E-state index in [0.29, 0.717) is 0 Å². The van der Waals surface area contributed by atoms with Gasteiger partial charge in [0.1, 0.15) is 6.54 Å². The molecule has 0 spiro atoms. The van der Waals surface area contributed by atoms with Crippen LogP contribution in [-0.4, -0.2) is 42.0 Å². The number of amides is 2. The molecule has 0 saturated heterocycles. The summed E-state index contributed by atoms with van der Waals surface area (Å²) in [6.45, 7) is 5.48. The number of carbonyl (C=O) groups excluding carboxylic acids is 2. The fraction of sp³-hybridized carbons (Fsp3) is 0.267. The summed E-state index contributed by atoms with van der Waals surface area (Å²) in [5.41, 5.74) is 1.86. The van der Waals surface area contributed by atoms with Crippen molar-refractivity contribution in [3.63, 3.8) is 0 Å². The van der Waals surface area contributed by atoms with Crippen LogP contribution in [-0.2, 0) is 9.53 Å². The van der Waals surface area contributed by atoms with Crippen LogP contribution in [0, 0.1) is 0 Å². The van der Waals surface area contributed by atoms with Crippen LogP contribution in [0.15, 0.2) is 35.9 Å². The fourth-order valence-corrected chi connectivity index (χ4v) is 1.82. The van der Waals surface area contributed by atoms with E-state index in [1.54, 1.807) is 25.5 Å². The Balaban J connectivity index is 2.58. The van der Waals surface area contributed by atoms with Gasteiger partial charge in [-0.3, -0.25) is 4.79 Å². The number of ether oxygens (including phenoxy) is 1. The van der Waals surface area contributed by atoms with Crippen molar-refractivity contribution in [2.24, 2.45) is 5.10 Å². The average Bonchev–Trinajstić information content (AvgIpc) is 2.54. The molecule has 0 heterocycles. The third-order valence-electron chi connectivity index (χ3n) is 2.52. The predicted octanol–water partition coefficient (Wildman–Crippen LogP) is 2.52. The third-order valence-corrected chi connectivity index (χ3v) is 3.13. The molecule has 1 rings (SSSR count). The molecule has 0 bridgehead atoms. The number of hydrogen-bond acceptors (Lipinski definition) is 5. The van der Waals surface area contributed by atoms with E-state index in [2.05, 4.69) is 17.0 Å². The molecule has 0 aliphatic carbocycles. The van der Waals surface area contributed by atoms with Gasteiger partial charge in [-0.2, -0.15) is 9.52 Å². The molecule has 118 valence electrons. The highest BCUT2D eigenvalue weighted by Crippen LogP contribution is 2.08. The molecule has 0 unspecified atom stereocenters. The Kier molecular flexibility index (Phi) is 7.77. The molecule has 0 radical (unpaired) electrons. The molecule has 0 fully saturated rings. The summed E-state index contributed by atoms with van der Waals surface area (Å²) in [5, 5.41) is 6.51. The van der Waals surface area contributed by atoms with Crippen LogP contribution >= 0.6 is 11.9 Å². The molecular weight excluding hydrogens is 302 g/mol. The molecule has 0 aromatic heterocycles. The molecule has 0 saturated carbocycles. The Morgan fingerprint density at radius 1 is 1.36 bits per heavy atom. The number of nitrogens with zero attached hydrogens (tertiary/aromatic N) is 2. The predicted molar refractivity (Wildman–Crippen MR) is 89.5 cm³/mol. The highest BCUT2D eigenvalue weighted by Gasteiger charge is 2.12. The van der Waals surface area contributed by atoms with E-state index in [1.807, 2.05) is 24.3 Å². The first-order valence-corrected chi connectivity index (χ1v) is 7.83. The van der Waals surface area contributed by atoms with E-state index < -0.39 is 12.0 Å². The van der Waals surface area contributed by atoms with Gasteiger partial charge in [-0.1, -0.05) is 36.9 Å². The van der Waals surface area contributed by atoms with Crippen LogP contribution in [0.4, 0.5) is 4.79 Å². The molecule has 0 aliphatic rings. The molecule has 1 N–H and O–H groups in total. The summed E-state index contributed by atoms with van der Waals surface area (Å²) in [6.07, 6.45) is 5.02. The van der Waals surface area contributed by atoms with Gasteiger partial charge in [0.25, 0.3) is 0 Å². The second-order valence-corrected chi connectivity index (χ2v) is 4.75. The maximum absolute atomic E-state index is 11.9. The topological polar surface area (TPSA) is 71.0 Å². The van der Waals surface area contributed by atoms with Gasteiger partial charge in [0.15, 0.2) is 0 Å². The van der Waals surface area contributed by atoms with Gasteiger partial charge in [-0.05, 0) is 30.0 Å². The quantitative estimate of drug-likeness (QED) is 0.362. The molecule has 6 nitrogen and oxygen atoms in total. The van der Waals surface area contributed by atoms with Crippen LogP contribution in [0.2, 0.25) is 0 Å². The van der Waals surface area contributed by atoms with E-state index in [0.717, 1.165) is 27.5 Å². The Morgan fingerprint density at radius 2 is 2.00 bits per heavy atom. The largest absolute Gasteiger partial charge is 0.465 e. The fourth-order valence-electron chi connectivity index (χ4n) is 1.45. The number of nitrogens with one attached hydrogen (secondary N) is 1. The van der Waals surface area contributed by atoms with E-state index in [9.17, 15) is 9.59 Å². The Hall–Kier alpha value is -2.28. The van der Waals surface area contributed by atoms with Crippen molar-refractivity contribution < 1.29 is 14.3 Å². The van der Waals surface area contributed by atoms with Gasteiger partial charge >= 0.3 is 12.0 Å². The van der Waals surface area contributed by atoms with Crippen molar-refractivity contribution in [1.82, 2.24) is 9.73 Å². The number of urea groups is 1. The van der Waals surface area contributed by atoms with Crippen molar-refractivity contribution in [2.45, 2.75) is 6.92 Å². The SMILES string of the molecule is C=Cc1ccc(/C=N/N(SC)C(=O)NCC(=O)OCC)cc1. The molecule has 7 heteroatoms. The van der Waals surface area contributed by atoms with E-state index in [4.69, 9.17) is 4.74 Å². The number of esters is 1. The summed E-state index contributed by atoms with van der Waals surface area (Å²) < 4.78 is 5.88. The lowest BCUT2D eigenvalue weighted by Gasteiger charge is -2.13. The minimum atomic E-state index is -0.487. The summed E-state index contributed by atoms with van der Waals surface area (Å²) in [5.74, 6) is -0.485. The van der Waals surface area contributed by atoms with Crippen LogP contribution in [0.1, 0.15) is 18.1 Å². The van der Waals surface area contributed by atoms with Crippen LogP contribution < -0.4 is 5.32 Å². The summed E-state index contributed by atoms with van der Waals surface area (Å²) in [4.78, 5) is 23.1. The normalized spacial score (nSPS) is 10.3. The summed E-state index contributed by atoms with van der Waals surface area (Å²) in [6, 6.07) is 7.06. The standard InChI is InChI=1S/C15H19N3O3S/c1-4-12-6-8-13(9-7-12)10-17-18(22-3)15(20)16-11-14(19)21-5-2/h4,6-10H,1,5,11H2,2-3H3,(H,16,20)/b17-10+. The molecule has 0 aliphatic heterocycles. The lowest BCUT2D eigenvalue weighted by atomic mass is 10.1. The third kappa shape index (κ3) is 6.01. The van der Waals surface area contributed by atoms with E-state index in [1.165, 1.54) is 0 Å². The zero-order valence-electron chi connectivity index (χ0n) is 12.6. The minimum absolute atomic E-state index is 0.187. The molecule has 22 heavy (non-hydrogen) atoms. The first kappa shape index (κ1) is 17.8. The number of hydrogen-bond donors (Lipinski definition) is 1. The minimum Gasteiger partial charge on any atom is -0.465 e. The average molecular weight is 321 g/mol. The Bertz CT molecular complexity index is 543. The van der Waals surface area contributed by atoms with E-state index in [-0.39, 0.29) is 13.2 Å². The maximum atomic E-state index is 11.9. The van der Waals surface area contributed by atoms with Gasteiger partial charge in [0, 0.05) is 6.26 Å². The van der Waals surface area contributed by atoms with Crippen LogP contribution in [0.3, 0.4) is 0 Å². The second kappa shape index (κ2) is 9.62. The van der Waals surface area contributed by atoms with Gasteiger partial charge in [-0.15, -0.1) is 0 Å². The van der Waals surface area contributed by atoms with Crippen molar-refractivity contribution in [1.29, 1.82) is 0 Å². The van der Waals surface area contributed by atoms with Crippen molar-refractivity contribution in [3.8, 4) is 0 Å². The molecule has 1 aromatic carbocycles. The molecule has 2 amide bonds. The number of rotatable bonds is 7. The highest BCUT2D eigenvalue weighted by atomic mass is 32.2. The number of hydrazone groups is 1. The molecular formula is C15H19N3O3S. The van der Waals surface area contributed by atoms with Gasteiger partial charge in [0.05, 0.1) is 12.8 Å². The van der Waals surface area contributed by atoms with Crippen molar-refractivity contribution >= 4 is 36.2 Å². The molecule has 0 atom stereocenters. The lowest BCUT2D eigenvalue weighted by molar-refractivity contribution is -0.141. The first-order valence-electron chi connectivity index (χ1n) is 6.64. The van der Waals surface area contributed by atoms with Crippen LogP contribution in [0.25, 0.3) is 6.08 Å². The lowest BCUT2D eigenvalue weighted by Crippen LogP contribution is -2.36. The monoisotopic (exact) mass is 321 g/mol. The van der Waals surface area contributed by atoms with Gasteiger partial charge in [0.2, 0.25) is 0 Å². The van der Waals surface area contributed by atoms with Crippen LogP contribution in [0.5, 0.6) is 0 Å².